The number of benzene rings is 1. The van der Waals surface area contributed by atoms with Gasteiger partial charge in [0.2, 0.25) is 0 Å². The monoisotopic (exact) mass is 338 g/mol. The lowest BCUT2D eigenvalue weighted by molar-refractivity contribution is 0.126. The van der Waals surface area contributed by atoms with Crippen LogP contribution in [0.1, 0.15) is 48.2 Å². The summed E-state index contributed by atoms with van der Waals surface area (Å²) >= 11 is 0. The van der Waals surface area contributed by atoms with E-state index in [9.17, 15) is 15.2 Å². The van der Waals surface area contributed by atoms with Crippen molar-refractivity contribution in [2.24, 2.45) is 0 Å². The first-order chi connectivity index (χ1) is 12.0. The van der Waals surface area contributed by atoms with Crippen LogP contribution in [0.4, 0.5) is 5.82 Å². The van der Waals surface area contributed by atoms with Crippen molar-refractivity contribution >= 4 is 5.82 Å². The number of aliphatic hydroxyl groups is 1. The van der Waals surface area contributed by atoms with Crippen molar-refractivity contribution in [1.82, 2.24) is 9.97 Å². The number of aryl methyl sites for hydroxylation is 1. The molecule has 3 N–H and O–H groups in total. The van der Waals surface area contributed by atoms with Crippen LogP contribution in [0.25, 0.3) is 0 Å². The lowest BCUT2D eigenvalue weighted by Gasteiger charge is -2.26. The van der Waals surface area contributed by atoms with Gasteiger partial charge in [-0.05, 0) is 38.2 Å². The minimum Gasteiger partial charge on any atom is -0.393 e. The van der Waals surface area contributed by atoms with Crippen molar-refractivity contribution in [2.75, 3.05) is 5.32 Å². The summed E-state index contributed by atoms with van der Waals surface area (Å²) in [6.07, 6.45) is 3.29. The second-order valence-electron chi connectivity index (χ2n) is 6.66. The average molecular weight is 338 g/mol. The molecule has 0 aliphatic heterocycles. The molecule has 1 saturated carbocycles. The van der Waals surface area contributed by atoms with Gasteiger partial charge in [0, 0.05) is 12.5 Å². The highest BCUT2D eigenvalue weighted by atomic mass is 16.3. The Bertz CT molecular complexity index is 845. The van der Waals surface area contributed by atoms with E-state index in [2.05, 4.69) is 15.3 Å². The molecule has 1 aliphatic carbocycles. The Hall–Kier alpha value is -2.65. The van der Waals surface area contributed by atoms with E-state index in [0.29, 0.717) is 18.1 Å². The van der Waals surface area contributed by atoms with Crippen LogP contribution in [0.3, 0.4) is 0 Å². The number of rotatable bonds is 4. The normalized spacial score (nSPS) is 20.0. The first-order valence-corrected chi connectivity index (χ1v) is 8.58. The predicted molar refractivity (Wildman–Crippen MR) is 95.4 cm³/mol. The van der Waals surface area contributed by atoms with Gasteiger partial charge in [0.25, 0.3) is 5.56 Å². The fourth-order valence-corrected chi connectivity index (χ4v) is 3.24. The van der Waals surface area contributed by atoms with Gasteiger partial charge in [-0.1, -0.05) is 29.8 Å². The molecule has 1 aliphatic rings. The Morgan fingerprint density at radius 3 is 2.80 bits per heavy atom. The standard InChI is InChI=1S/C19H22N4O2/c1-12-3-2-4-13(9-12)10-17-22-18(16(11-20)19(25)23-17)21-14-5-7-15(24)8-6-14/h2-4,9,14-15,24H,5-8,10H2,1H3,(H2,21,22,23,25). The highest BCUT2D eigenvalue weighted by Crippen LogP contribution is 2.22. The molecule has 0 atom stereocenters. The van der Waals surface area contributed by atoms with Crippen molar-refractivity contribution in [1.29, 1.82) is 5.26 Å². The summed E-state index contributed by atoms with van der Waals surface area (Å²) < 4.78 is 0. The Morgan fingerprint density at radius 2 is 2.12 bits per heavy atom. The zero-order valence-corrected chi connectivity index (χ0v) is 14.2. The summed E-state index contributed by atoms with van der Waals surface area (Å²) in [7, 11) is 0. The smallest absolute Gasteiger partial charge is 0.271 e. The lowest BCUT2D eigenvalue weighted by Crippen LogP contribution is -2.30. The van der Waals surface area contributed by atoms with E-state index in [-0.39, 0.29) is 17.7 Å². The minimum absolute atomic E-state index is 0.0131. The van der Waals surface area contributed by atoms with Crippen LogP contribution in [0.5, 0.6) is 0 Å². The topological polar surface area (TPSA) is 102 Å². The molecule has 0 bridgehead atoms. The fraction of sp³-hybridized carbons (Fsp3) is 0.421. The second-order valence-corrected chi connectivity index (χ2v) is 6.66. The molecule has 130 valence electrons. The third-order valence-electron chi connectivity index (χ3n) is 4.57. The molecule has 6 heteroatoms. The summed E-state index contributed by atoms with van der Waals surface area (Å²) in [4.78, 5) is 19.4. The molecule has 0 amide bonds. The van der Waals surface area contributed by atoms with E-state index in [4.69, 9.17) is 0 Å². The molecule has 0 radical (unpaired) electrons. The molecule has 1 aromatic heterocycles. The number of aromatic nitrogens is 2. The Kier molecular flexibility index (Phi) is 5.15. The van der Waals surface area contributed by atoms with Gasteiger partial charge >= 0.3 is 0 Å². The lowest BCUT2D eigenvalue weighted by atomic mass is 9.93. The third-order valence-corrected chi connectivity index (χ3v) is 4.57. The van der Waals surface area contributed by atoms with Gasteiger partial charge in [0.15, 0.2) is 11.4 Å². The Morgan fingerprint density at radius 1 is 1.36 bits per heavy atom. The largest absolute Gasteiger partial charge is 0.393 e. The van der Waals surface area contributed by atoms with Gasteiger partial charge in [-0.2, -0.15) is 5.26 Å². The summed E-state index contributed by atoms with van der Waals surface area (Å²) in [6, 6.07) is 10.1. The zero-order valence-electron chi connectivity index (χ0n) is 14.2. The van der Waals surface area contributed by atoms with Crippen molar-refractivity contribution < 1.29 is 5.11 Å². The second kappa shape index (κ2) is 7.49. The number of H-pyrrole nitrogens is 1. The molecular formula is C19H22N4O2. The maximum Gasteiger partial charge on any atom is 0.271 e. The van der Waals surface area contributed by atoms with Crippen molar-refractivity contribution in [3.05, 3.63) is 57.1 Å². The third kappa shape index (κ3) is 4.25. The van der Waals surface area contributed by atoms with Crippen LogP contribution in [0.2, 0.25) is 0 Å². The summed E-state index contributed by atoms with van der Waals surface area (Å²) in [6.45, 7) is 2.02. The number of aliphatic hydroxyl groups excluding tert-OH is 1. The Labute approximate surface area is 146 Å². The molecule has 6 nitrogen and oxygen atoms in total. The molecule has 3 rings (SSSR count). The maximum atomic E-state index is 12.2. The molecule has 0 saturated heterocycles. The number of hydrogen-bond acceptors (Lipinski definition) is 5. The zero-order chi connectivity index (χ0) is 17.8. The van der Waals surface area contributed by atoms with Crippen LogP contribution in [0, 0.1) is 18.3 Å². The minimum atomic E-state index is -0.418. The van der Waals surface area contributed by atoms with E-state index >= 15 is 0 Å². The quantitative estimate of drug-likeness (QED) is 0.793. The average Bonchev–Trinajstić information content (AvgIpc) is 2.57. The number of nitrogens with one attached hydrogen (secondary N) is 2. The number of anilines is 1. The SMILES string of the molecule is Cc1cccc(Cc2nc(NC3CCC(O)CC3)c(C#N)c(=O)[nH]2)c1. The first-order valence-electron chi connectivity index (χ1n) is 8.58. The van der Waals surface area contributed by atoms with Gasteiger partial charge < -0.3 is 15.4 Å². The van der Waals surface area contributed by atoms with Crippen molar-refractivity contribution in [2.45, 2.75) is 51.2 Å². The van der Waals surface area contributed by atoms with E-state index in [1.807, 2.05) is 37.3 Å². The van der Waals surface area contributed by atoms with Gasteiger partial charge in [-0.25, -0.2) is 4.98 Å². The van der Waals surface area contributed by atoms with Gasteiger partial charge in [0.1, 0.15) is 11.9 Å². The van der Waals surface area contributed by atoms with Crippen molar-refractivity contribution in [3.63, 3.8) is 0 Å². The number of nitrogens with zero attached hydrogens (tertiary/aromatic N) is 2. The molecular weight excluding hydrogens is 316 g/mol. The van der Waals surface area contributed by atoms with Gasteiger partial charge in [-0.3, -0.25) is 4.79 Å². The van der Waals surface area contributed by atoms with E-state index in [0.717, 1.165) is 36.8 Å². The van der Waals surface area contributed by atoms with Crippen LogP contribution < -0.4 is 10.9 Å². The predicted octanol–water partition coefficient (Wildman–Crippen LogP) is 2.26. The van der Waals surface area contributed by atoms with Crippen molar-refractivity contribution in [3.8, 4) is 6.07 Å². The molecule has 0 unspecified atom stereocenters. The first kappa shape index (κ1) is 17.2. The number of nitriles is 1. The molecule has 0 spiro atoms. The van der Waals surface area contributed by atoms with Crippen LogP contribution in [-0.2, 0) is 6.42 Å². The molecule has 2 aromatic rings. The van der Waals surface area contributed by atoms with Gasteiger partial charge in [0.05, 0.1) is 6.10 Å². The molecule has 1 aromatic carbocycles. The van der Waals surface area contributed by atoms with Gasteiger partial charge in [-0.15, -0.1) is 0 Å². The number of aromatic amines is 1. The highest BCUT2D eigenvalue weighted by Gasteiger charge is 2.21. The highest BCUT2D eigenvalue weighted by molar-refractivity contribution is 5.51. The summed E-state index contributed by atoms with van der Waals surface area (Å²) in [5, 5.41) is 22.2. The number of hydrogen-bond donors (Lipinski definition) is 3. The van der Waals surface area contributed by atoms with Crippen LogP contribution in [-0.4, -0.2) is 27.2 Å². The van der Waals surface area contributed by atoms with E-state index < -0.39 is 5.56 Å². The Balaban J connectivity index is 1.85. The molecule has 25 heavy (non-hydrogen) atoms. The molecule has 1 heterocycles. The molecule has 1 fully saturated rings. The maximum absolute atomic E-state index is 12.2. The fourth-order valence-electron chi connectivity index (χ4n) is 3.24. The van der Waals surface area contributed by atoms with E-state index in [1.54, 1.807) is 0 Å². The van der Waals surface area contributed by atoms with E-state index in [1.165, 1.54) is 0 Å². The summed E-state index contributed by atoms with van der Waals surface area (Å²) in [5.74, 6) is 0.878. The summed E-state index contributed by atoms with van der Waals surface area (Å²) in [5.41, 5.74) is 1.80. The van der Waals surface area contributed by atoms with Crippen LogP contribution in [0.15, 0.2) is 29.1 Å². The van der Waals surface area contributed by atoms with Crippen LogP contribution >= 0.6 is 0 Å².